The third kappa shape index (κ3) is 5.82. The van der Waals surface area contributed by atoms with Gasteiger partial charge in [-0.25, -0.2) is 17.9 Å². The highest BCUT2D eigenvalue weighted by molar-refractivity contribution is 7.88. The first-order chi connectivity index (χ1) is 11.2. The second-order valence-corrected chi connectivity index (χ2v) is 9.38. The van der Waals surface area contributed by atoms with Gasteiger partial charge in [0.15, 0.2) is 6.61 Å². The molecule has 6 nitrogen and oxygen atoms in total. The van der Waals surface area contributed by atoms with E-state index in [9.17, 15) is 18.0 Å². The van der Waals surface area contributed by atoms with Crippen LogP contribution in [0, 0.1) is 6.92 Å². The molecule has 2 heterocycles. The fourth-order valence-corrected chi connectivity index (χ4v) is 4.01. The van der Waals surface area contributed by atoms with Crippen molar-refractivity contribution in [2.75, 3.05) is 19.4 Å². The van der Waals surface area contributed by atoms with Crippen molar-refractivity contribution in [1.29, 1.82) is 0 Å². The number of Topliss-reactive ketones (excluding diaryl/α,β-unsaturated/α-hetero) is 1. The van der Waals surface area contributed by atoms with E-state index >= 15 is 0 Å². The molecule has 2 aromatic rings. The number of nitrogens with one attached hydrogen (secondary N) is 1. The Morgan fingerprint density at radius 3 is 2.46 bits per heavy atom. The van der Waals surface area contributed by atoms with Crippen LogP contribution in [0.4, 0.5) is 0 Å². The van der Waals surface area contributed by atoms with Crippen LogP contribution >= 0.6 is 22.7 Å². The van der Waals surface area contributed by atoms with Gasteiger partial charge in [0.05, 0.1) is 11.1 Å². The Morgan fingerprint density at radius 2 is 1.83 bits per heavy atom. The van der Waals surface area contributed by atoms with Gasteiger partial charge in [-0.3, -0.25) is 4.79 Å². The van der Waals surface area contributed by atoms with Crippen LogP contribution in [0.15, 0.2) is 24.3 Å². The topological polar surface area (TPSA) is 89.5 Å². The summed E-state index contributed by atoms with van der Waals surface area (Å²) in [7, 11) is -3.22. The first-order valence-corrected chi connectivity index (χ1v) is 10.6. The average molecular weight is 388 g/mol. The second kappa shape index (κ2) is 8.02. The summed E-state index contributed by atoms with van der Waals surface area (Å²) in [6, 6.07) is 6.92. The minimum atomic E-state index is -3.22. The monoisotopic (exact) mass is 387 g/mol. The van der Waals surface area contributed by atoms with Crippen molar-refractivity contribution < 1.29 is 22.7 Å². The highest BCUT2D eigenvalue weighted by Crippen LogP contribution is 2.19. The average Bonchev–Trinajstić information content (AvgIpc) is 3.12. The summed E-state index contributed by atoms with van der Waals surface area (Å²) in [4.78, 5) is 26.7. The Hall–Kier alpha value is -1.55. The van der Waals surface area contributed by atoms with Crippen LogP contribution in [-0.2, 0) is 21.2 Å². The number of hydrogen-bond acceptors (Lipinski definition) is 7. The molecule has 1 N–H and O–H groups in total. The van der Waals surface area contributed by atoms with Gasteiger partial charge in [-0.1, -0.05) is 0 Å². The quantitative estimate of drug-likeness (QED) is 0.554. The molecule has 0 radical (unpaired) electrons. The fraction of sp³-hybridized carbons (Fsp3) is 0.333. The summed E-state index contributed by atoms with van der Waals surface area (Å²) in [5.41, 5.74) is 0. The van der Waals surface area contributed by atoms with Gasteiger partial charge in [0.1, 0.15) is 4.88 Å². The Kier molecular flexibility index (Phi) is 6.27. The zero-order valence-electron chi connectivity index (χ0n) is 13.2. The standard InChI is InChI=1S/C15H17NO5S3/c1-10-3-5-14(22-10)15(18)21-9-12(17)13-6-4-11(23-13)7-8-16-24(2,19)20/h3-6,16H,7-9H2,1-2H3. The minimum Gasteiger partial charge on any atom is -0.453 e. The molecule has 9 heteroatoms. The van der Waals surface area contributed by atoms with Gasteiger partial charge >= 0.3 is 5.97 Å². The summed E-state index contributed by atoms with van der Waals surface area (Å²) in [5, 5.41) is 0. The van der Waals surface area contributed by atoms with Crippen LogP contribution in [0.25, 0.3) is 0 Å². The molecule has 2 aromatic heterocycles. The fourth-order valence-electron chi connectivity index (χ4n) is 1.84. The molecule has 0 aliphatic carbocycles. The lowest BCUT2D eigenvalue weighted by Crippen LogP contribution is -2.24. The summed E-state index contributed by atoms with van der Waals surface area (Å²) in [5.74, 6) is -0.778. The lowest BCUT2D eigenvalue weighted by atomic mass is 10.3. The maximum atomic E-state index is 12.1. The number of aryl methyl sites for hydroxylation is 1. The van der Waals surface area contributed by atoms with Crippen LogP contribution < -0.4 is 4.72 Å². The summed E-state index contributed by atoms with van der Waals surface area (Å²) < 4.78 is 29.4. The van der Waals surface area contributed by atoms with Gasteiger partial charge in [0.2, 0.25) is 15.8 Å². The van der Waals surface area contributed by atoms with E-state index in [0.29, 0.717) is 16.2 Å². The van der Waals surface area contributed by atoms with Crippen molar-refractivity contribution in [2.24, 2.45) is 0 Å². The van der Waals surface area contributed by atoms with E-state index in [0.717, 1.165) is 16.0 Å². The van der Waals surface area contributed by atoms with Crippen molar-refractivity contribution in [1.82, 2.24) is 4.72 Å². The molecule has 0 bridgehead atoms. The third-order valence-electron chi connectivity index (χ3n) is 2.95. The number of rotatable bonds is 8. The number of hydrogen-bond donors (Lipinski definition) is 1. The number of esters is 1. The van der Waals surface area contributed by atoms with Gasteiger partial charge in [-0.2, -0.15) is 0 Å². The summed E-state index contributed by atoms with van der Waals surface area (Å²) >= 11 is 2.59. The molecule has 24 heavy (non-hydrogen) atoms. The van der Waals surface area contributed by atoms with E-state index in [2.05, 4.69) is 4.72 Å². The molecule has 0 aliphatic rings. The lowest BCUT2D eigenvalue weighted by molar-refractivity contribution is 0.0480. The first-order valence-electron chi connectivity index (χ1n) is 7.05. The Bertz CT molecular complexity index is 835. The molecular weight excluding hydrogens is 370 g/mol. The Balaban J connectivity index is 1.83. The van der Waals surface area contributed by atoms with Gasteiger partial charge in [-0.15, -0.1) is 22.7 Å². The van der Waals surface area contributed by atoms with E-state index < -0.39 is 16.0 Å². The minimum absolute atomic E-state index is 0.274. The maximum Gasteiger partial charge on any atom is 0.348 e. The molecular formula is C15H17NO5S3. The van der Waals surface area contributed by atoms with E-state index in [1.165, 1.54) is 22.7 Å². The number of ketones is 1. The van der Waals surface area contributed by atoms with Crippen molar-refractivity contribution in [3.8, 4) is 0 Å². The van der Waals surface area contributed by atoms with E-state index in [4.69, 9.17) is 4.74 Å². The van der Waals surface area contributed by atoms with Crippen LogP contribution in [-0.4, -0.2) is 39.6 Å². The Labute approximate surface area is 148 Å². The predicted octanol–water partition coefficient (Wildman–Crippen LogP) is 2.25. The molecule has 130 valence electrons. The van der Waals surface area contributed by atoms with Crippen molar-refractivity contribution in [3.63, 3.8) is 0 Å². The zero-order valence-corrected chi connectivity index (χ0v) is 15.6. The lowest BCUT2D eigenvalue weighted by Gasteiger charge is -2.01. The molecule has 0 spiro atoms. The molecule has 0 aromatic carbocycles. The normalized spacial score (nSPS) is 11.4. The molecule has 2 rings (SSSR count). The SMILES string of the molecule is Cc1ccc(C(=O)OCC(=O)c2ccc(CCNS(C)(=O)=O)s2)s1. The van der Waals surface area contributed by atoms with Crippen LogP contribution in [0.1, 0.15) is 29.1 Å². The largest absolute Gasteiger partial charge is 0.453 e. The Morgan fingerprint density at radius 1 is 1.12 bits per heavy atom. The van der Waals surface area contributed by atoms with Gasteiger partial charge in [0.25, 0.3) is 0 Å². The smallest absolute Gasteiger partial charge is 0.348 e. The highest BCUT2D eigenvalue weighted by atomic mass is 32.2. The second-order valence-electron chi connectivity index (χ2n) is 5.09. The summed E-state index contributed by atoms with van der Waals surface area (Å²) in [6.07, 6.45) is 1.60. The number of sulfonamides is 1. The zero-order chi connectivity index (χ0) is 17.7. The van der Waals surface area contributed by atoms with E-state index in [1.54, 1.807) is 18.2 Å². The third-order valence-corrected chi connectivity index (χ3v) is 5.84. The van der Waals surface area contributed by atoms with Gasteiger partial charge in [0, 0.05) is 16.3 Å². The molecule has 0 saturated heterocycles. The van der Waals surface area contributed by atoms with Crippen molar-refractivity contribution >= 4 is 44.4 Å². The number of carbonyl (C=O) groups is 2. The molecule has 0 saturated carbocycles. The number of thiophene rings is 2. The number of ether oxygens (including phenoxy) is 1. The first kappa shape index (κ1) is 18.8. The molecule has 0 unspecified atom stereocenters. The van der Waals surface area contributed by atoms with Gasteiger partial charge < -0.3 is 4.74 Å². The maximum absolute atomic E-state index is 12.1. The van der Waals surface area contributed by atoms with Gasteiger partial charge in [-0.05, 0) is 37.6 Å². The molecule has 0 atom stereocenters. The highest BCUT2D eigenvalue weighted by Gasteiger charge is 2.15. The summed E-state index contributed by atoms with van der Waals surface area (Å²) in [6.45, 7) is 1.86. The predicted molar refractivity (Wildman–Crippen MR) is 94.5 cm³/mol. The van der Waals surface area contributed by atoms with Crippen molar-refractivity contribution in [3.05, 3.63) is 43.8 Å². The molecule has 0 fully saturated rings. The van der Waals surface area contributed by atoms with Crippen LogP contribution in [0.5, 0.6) is 0 Å². The molecule has 0 aliphatic heterocycles. The van der Waals surface area contributed by atoms with Crippen LogP contribution in [0.2, 0.25) is 0 Å². The van der Waals surface area contributed by atoms with E-state index in [1.807, 2.05) is 13.0 Å². The van der Waals surface area contributed by atoms with E-state index in [-0.39, 0.29) is 18.9 Å². The van der Waals surface area contributed by atoms with Crippen LogP contribution in [0.3, 0.4) is 0 Å². The van der Waals surface area contributed by atoms with Crippen molar-refractivity contribution in [2.45, 2.75) is 13.3 Å². The molecule has 0 amide bonds. The number of carbonyl (C=O) groups excluding carboxylic acids is 2.